The third-order valence-electron chi connectivity index (χ3n) is 3.16. The number of nitrogens with zero attached hydrogens (tertiary/aromatic N) is 4. The second-order valence-corrected chi connectivity index (χ2v) is 5.15. The maximum Gasteiger partial charge on any atom is 0.288 e. The van der Waals surface area contributed by atoms with E-state index >= 15 is 0 Å². The highest BCUT2D eigenvalue weighted by atomic mass is 35.5. The van der Waals surface area contributed by atoms with Gasteiger partial charge in [-0.1, -0.05) is 11.6 Å². The smallest absolute Gasteiger partial charge is 0.288 e. The largest absolute Gasteiger partial charge is 0.336 e. The molecule has 1 aromatic carbocycles. The van der Waals surface area contributed by atoms with E-state index in [1.54, 1.807) is 11.7 Å². The molecule has 0 bridgehead atoms. The van der Waals surface area contributed by atoms with Crippen molar-refractivity contribution < 1.29 is 9.72 Å². The Bertz CT molecular complexity index is 714. The van der Waals surface area contributed by atoms with Crippen molar-refractivity contribution in [3.8, 4) is 0 Å². The summed E-state index contributed by atoms with van der Waals surface area (Å²) in [5.41, 5.74) is 0.686. The number of aromatic nitrogens is 2. The van der Waals surface area contributed by atoms with E-state index in [1.807, 2.05) is 19.2 Å². The molecule has 1 heterocycles. The van der Waals surface area contributed by atoms with Crippen molar-refractivity contribution in [1.29, 1.82) is 0 Å². The first-order chi connectivity index (χ1) is 10.4. The van der Waals surface area contributed by atoms with Gasteiger partial charge >= 0.3 is 0 Å². The van der Waals surface area contributed by atoms with Crippen LogP contribution in [0.15, 0.2) is 30.5 Å². The van der Waals surface area contributed by atoms with Crippen LogP contribution in [0, 0.1) is 10.1 Å². The van der Waals surface area contributed by atoms with Gasteiger partial charge in [0.1, 0.15) is 5.02 Å². The normalized spacial score (nSPS) is 10.5. The zero-order chi connectivity index (χ0) is 16.3. The molecule has 0 unspecified atom stereocenters. The molecule has 1 amide bonds. The number of nitro benzene ring substituents is 1. The lowest BCUT2D eigenvalue weighted by Crippen LogP contribution is -2.26. The average molecular weight is 323 g/mol. The van der Waals surface area contributed by atoms with Gasteiger partial charge in [-0.3, -0.25) is 19.6 Å². The highest BCUT2D eigenvalue weighted by Crippen LogP contribution is 2.25. The van der Waals surface area contributed by atoms with Crippen LogP contribution in [-0.4, -0.2) is 32.6 Å². The van der Waals surface area contributed by atoms with Gasteiger partial charge in [-0.15, -0.1) is 0 Å². The summed E-state index contributed by atoms with van der Waals surface area (Å²) < 4.78 is 1.76. The SMILES string of the molecule is CCn1ccc(CN(C)C(=O)c2ccc(Cl)c([N+](=O)[O-])c2)n1. The van der Waals surface area contributed by atoms with Gasteiger partial charge in [0.25, 0.3) is 11.6 Å². The van der Waals surface area contributed by atoms with Crippen molar-refractivity contribution in [2.24, 2.45) is 0 Å². The summed E-state index contributed by atoms with van der Waals surface area (Å²) in [6.07, 6.45) is 1.83. The summed E-state index contributed by atoms with van der Waals surface area (Å²) >= 11 is 5.74. The lowest BCUT2D eigenvalue weighted by atomic mass is 10.1. The van der Waals surface area contributed by atoms with Crippen LogP contribution in [0.4, 0.5) is 5.69 Å². The summed E-state index contributed by atoms with van der Waals surface area (Å²) in [6.45, 7) is 3.04. The van der Waals surface area contributed by atoms with Gasteiger partial charge in [-0.2, -0.15) is 5.10 Å². The molecule has 0 aliphatic rings. The van der Waals surface area contributed by atoms with Crippen LogP contribution in [0.2, 0.25) is 5.02 Å². The molecule has 0 N–H and O–H groups in total. The summed E-state index contributed by atoms with van der Waals surface area (Å²) in [5, 5.41) is 15.2. The molecule has 0 saturated carbocycles. The van der Waals surface area contributed by atoms with Crippen molar-refractivity contribution in [3.05, 3.63) is 56.9 Å². The Labute approximate surface area is 132 Å². The summed E-state index contributed by atoms with van der Waals surface area (Å²) in [6, 6.07) is 5.84. The lowest BCUT2D eigenvalue weighted by molar-refractivity contribution is -0.384. The molecule has 22 heavy (non-hydrogen) atoms. The fourth-order valence-electron chi connectivity index (χ4n) is 1.98. The zero-order valence-electron chi connectivity index (χ0n) is 12.2. The Morgan fingerprint density at radius 3 is 2.77 bits per heavy atom. The fourth-order valence-corrected chi connectivity index (χ4v) is 2.17. The molecule has 0 atom stereocenters. The molecule has 116 valence electrons. The number of benzene rings is 1. The summed E-state index contributed by atoms with van der Waals surface area (Å²) in [4.78, 5) is 24.1. The predicted molar refractivity (Wildman–Crippen MR) is 81.8 cm³/mol. The van der Waals surface area contributed by atoms with Crippen molar-refractivity contribution in [3.63, 3.8) is 0 Å². The maximum atomic E-state index is 12.3. The van der Waals surface area contributed by atoms with Crippen LogP contribution in [-0.2, 0) is 13.1 Å². The number of aryl methyl sites for hydroxylation is 1. The second-order valence-electron chi connectivity index (χ2n) is 4.75. The number of carbonyl (C=O) groups excluding carboxylic acids is 1. The Hall–Kier alpha value is -2.41. The first kappa shape index (κ1) is 16.0. The van der Waals surface area contributed by atoms with Crippen LogP contribution >= 0.6 is 11.6 Å². The first-order valence-electron chi connectivity index (χ1n) is 6.64. The third kappa shape index (κ3) is 3.43. The second kappa shape index (κ2) is 6.57. The summed E-state index contributed by atoms with van der Waals surface area (Å²) in [7, 11) is 1.62. The minimum absolute atomic E-state index is 0.00546. The number of rotatable bonds is 5. The minimum atomic E-state index is -0.609. The van der Waals surface area contributed by atoms with Crippen LogP contribution in [0.1, 0.15) is 23.0 Å². The van der Waals surface area contributed by atoms with Gasteiger partial charge in [0.05, 0.1) is 17.2 Å². The molecule has 7 nitrogen and oxygen atoms in total. The third-order valence-corrected chi connectivity index (χ3v) is 3.48. The highest BCUT2D eigenvalue weighted by Gasteiger charge is 2.19. The van der Waals surface area contributed by atoms with Crippen molar-refractivity contribution in [2.45, 2.75) is 20.0 Å². The minimum Gasteiger partial charge on any atom is -0.336 e. The summed E-state index contributed by atoms with van der Waals surface area (Å²) in [5.74, 6) is -0.328. The van der Waals surface area contributed by atoms with Gasteiger partial charge in [0.2, 0.25) is 0 Å². The van der Waals surface area contributed by atoms with Crippen LogP contribution in [0.25, 0.3) is 0 Å². The molecule has 1 aromatic heterocycles. The van der Waals surface area contributed by atoms with E-state index in [-0.39, 0.29) is 22.2 Å². The molecule has 2 aromatic rings. The number of nitro groups is 1. The van der Waals surface area contributed by atoms with E-state index in [9.17, 15) is 14.9 Å². The van der Waals surface area contributed by atoms with E-state index in [1.165, 1.54) is 23.1 Å². The van der Waals surface area contributed by atoms with Gasteiger partial charge in [0, 0.05) is 31.4 Å². The van der Waals surface area contributed by atoms with E-state index in [2.05, 4.69) is 5.10 Å². The number of halogens is 1. The number of amides is 1. The topological polar surface area (TPSA) is 81.3 Å². The predicted octanol–water partition coefficient (Wildman–Crippen LogP) is 2.74. The van der Waals surface area contributed by atoms with Crippen molar-refractivity contribution in [2.75, 3.05) is 7.05 Å². The van der Waals surface area contributed by atoms with Crippen LogP contribution in [0.5, 0.6) is 0 Å². The molecule has 0 spiro atoms. The molecule has 2 rings (SSSR count). The van der Waals surface area contributed by atoms with E-state index in [4.69, 9.17) is 11.6 Å². The molecule has 0 aliphatic heterocycles. The first-order valence-corrected chi connectivity index (χ1v) is 7.02. The molecule has 0 radical (unpaired) electrons. The average Bonchev–Trinajstić information content (AvgIpc) is 2.94. The Kier molecular flexibility index (Phi) is 4.77. The van der Waals surface area contributed by atoms with Gasteiger partial charge in [-0.05, 0) is 25.1 Å². The number of hydrogen-bond donors (Lipinski definition) is 0. The molecule has 0 fully saturated rings. The molecule has 0 saturated heterocycles. The Morgan fingerprint density at radius 1 is 1.45 bits per heavy atom. The van der Waals surface area contributed by atoms with Crippen molar-refractivity contribution >= 4 is 23.2 Å². The quantitative estimate of drug-likeness (QED) is 0.626. The van der Waals surface area contributed by atoms with Gasteiger partial charge in [0.15, 0.2) is 0 Å². The van der Waals surface area contributed by atoms with Gasteiger partial charge < -0.3 is 4.90 Å². The zero-order valence-corrected chi connectivity index (χ0v) is 12.9. The number of carbonyl (C=O) groups is 1. The molecular weight excluding hydrogens is 308 g/mol. The van der Waals surface area contributed by atoms with E-state index in [0.29, 0.717) is 6.54 Å². The highest BCUT2D eigenvalue weighted by molar-refractivity contribution is 6.32. The van der Waals surface area contributed by atoms with Crippen LogP contribution in [0.3, 0.4) is 0 Å². The van der Waals surface area contributed by atoms with E-state index in [0.717, 1.165) is 12.2 Å². The Balaban J connectivity index is 2.16. The molecular formula is C14H15ClN4O3. The Morgan fingerprint density at radius 2 is 2.18 bits per heavy atom. The lowest BCUT2D eigenvalue weighted by Gasteiger charge is -2.15. The van der Waals surface area contributed by atoms with Crippen molar-refractivity contribution in [1.82, 2.24) is 14.7 Å². The standard InChI is InChI=1S/C14H15ClN4O3/c1-3-18-7-6-11(16-18)9-17(2)14(20)10-4-5-12(15)13(8-10)19(21)22/h4-8H,3,9H2,1-2H3. The fraction of sp³-hybridized carbons (Fsp3) is 0.286. The molecule has 8 heteroatoms. The van der Waals surface area contributed by atoms with Crippen LogP contribution < -0.4 is 0 Å². The maximum absolute atomic E-state index is 12.3. The number of hydrogen-bond acceptors (Lipinski definition) is 4. The van der Waals surface area contributed by atoms with E-state index < -0.39 is 4.92 Å². The molecule has 0 aliphatic carbocycles. The van der Waals surface area contributed by atoms with Gasteiger partial charge in [-0.25, -0.2) is 0 Å². The monoisotopic (exact) mass is 322 g/mol.